The monoisotopic (exact) mass is 534 g/mol. The van der Waals surface area contributed by atoms with E-state index in [0.717, 1.165) is 22.4 Å². The quantitative estimate of drug-likeness (QED) is 0.194. The van der Waals surface area contributed by atoms with Gasteiger partial charge in [0.05, 0.1) is 31.1 Å². The summed E-state index contributed by atoms with van der Waals surface area (Å²) < 4.78 is 4.71. The molecule has 2 unspecified atom stereocenters. The Balaban J connectivity index is 1.69. The van der Waals surface area contributed by atoms with Gasteiger partial charge in [0.25, 0.3) is 0 Å². The molecule has 208 valence electrons. The average Bonchev–Trinajstić information content (AvgIpc) is 2.96. The molecule has 0 radical (unpaired) electrons. The van der Waals surface area contributed by atoms with Gasteiger partial charge in [-0.15, -0.1) is 0 Å². The van der Waals surface area contributed by atoms with Crippen LogP contribution in [0, 0.1) is 5.92 Å². The molecule has 2 aromatic carbocycles. The van der Waals surface area contributed by atoms with E-state index in [2.05, 4.69) is 20.6 Å². The molecule has 5 N–H and O–H groups in total. The third-order valence-corrected chi connectivity index (χ3v) is 6.66. The largest absolute Gasteiger partial charge is 0.453 e. The number of aliphatic hydroxyl groups excluding tert-OH is 1. The van der Waals surface area contributed by atoms with Crippen molar-refractivity contribution in [1.29, 1.82) is 0 Å². The van der Waals surface area contributed by atoms with E-state index in [1.54, 1.807) is 18.6 Å². The first-order chi connectivity index (χ1) is 18.8. The summed E-state index contributed by atoms with van der Waals surface area (Å²) in [6.45, 7) is 4.32. The van der Waals surface area contributed by atoms with Crippen molar-refractivity contribution in [3.05, 3.63) is 84.3 Å². The molecule has 3 aromatic rings. The number of nitrogens with one attached hydrogen (secondary N) is 2. The van der Waals surface area contributed by atoms with Crippen molar-refractivity contribution in [1.82, 2.24) is 25.6 Å². The Morgan fingerprint density at radius 1 is 1.05 bits per heavy atom. The standard InChI is InChI=1S/C29H38N6O4/c1-4-20(2)27(34-29(38)39-3)28(37)33-24(16-21-8-6-5-7-9-21)26(36)19-35(30)18-22-10-12-23(13-11-22)25-17-31-14-15-32-25/h5-15,17,20,24,26-27,36H,4,16,18-19,30H2,1-3H3,(H,33,37)(H,34,38)/t20-,24?,26?,27-/m0/s1. The van der Waals surface area contributed by atoms with Gasteiger partial charge in [-0.2, -0.15) is 0 Å². The van der Waals surface area contributed by atoms with Gasteiger partial charge in [0.1, 0.15) is 6.04 Å². The molecule has 0 bridgehead atoms. The van der Waals surface area contributed by atoms with E-state index in [-0.39, 0.29) is 12.5 Å². The van der Waals surface area contributed by atoms with Crippen LogP contribution >= 0.6 is 0 Å². The Bertz CT molecular complexity index is 1160. The van der Waals surface area contributed by atoms with Crippen molar-refractivity contribution in [2.24, 2.45) is 11.8 Å². The van der Waals surface area contributed by atoms with Crippen LogP contribution in [0.4, 0.5) is 4.79 Å². The third kappa shape index (κ3) is 9.13. The summed E-state index contributed by atoms with van der Waals surface area (Å²) >= 11 is 0. The van der Waals surface area contributed by atoms with Gasteiger partial charge in [0, 0.05) is 31.0 Å². The second kappa shape index (κ2) is 14.9. The number of aliphatic hydroxyl groups is 1. The Morgan fingerprint density at radius 2 is 1.77 bits per heavy atom. The van der Waals surface area contributed by atoms with E-state index in [1.165, 1.54) is 12.1 Å². The number of nitrogens with two attached hydrogens (primary N) is 1. The number of methoxy groups -OCH3 is 1. The number of carbonyl (C=O) groups is 2. The average molecular weight is 535 g/mol. The number of hydrazine groups is 1. The predicted octanol–water partition coefficient (Wildman–Crippen LogP) is 2.68. The van der Waals surface area contributed by atoms with Crippen molar-refractivity contribution in [3.8, 4) is 11.3 Å². The number of hydrogen-bond acceptors (Lipinski definition) is 8. The molecule has 10 heteroatoms. The first-order valence-electron chi connectivity index (χ1n) is 13.0. The van der Waals surface area contributed by atoms with Crippen molar-refractivity contribution in [3.63, 3.8) is 0 Å². The number of amides is 2. The number of benzene rings is 2. The number of nitrogens with zero attached hydrogens (tertiary/aromatic N) is 3. The van der Waals surface area contributed by atoms with Crippen LogP contribution < -0.4 is 16.5 Å². The summed E-state index contributed by atoms with van der Waals surface area (Å²) in [5.74, 6) is 5.76. The maximum atomic E-state index is 13.3. The molecule has 10 nitrogen and oxygen atoms in total. The fourth-order valence-corrected chi connectivity index (χ4v) is 4.21. The topological polar surface area (TPSA) is 143 Å². The first kappa shape index (κ1) is 29.7. The molecule has 0 aliphatic rings. The van der Waals surface area contributed by atoms with Crippen LogP contribution in [0.5, 0.6) is 0 Å². The Labute approximate surface area is 229 Å². The summed E-state index contributed by atoms with van der Waals surface area (Å²) in [6, 6.07) is 15.9. The van der Waals surface area contributed by atoms with E-state index in [4.69, 9.17) is 10.6 Å². The smallest absolute Gasteiger partial charge is 0.407 e. The van der Waals surface area contributed by atoms with E-state index < -0.39 is 30.2 Å². The lowest BCUT2D eigenvalue weighted by atomic mass is 9.96. The number of hydrogen-bond donors (Lipinski definition) is 4. The van der Waals surface area contributed by atoms with Crippen LogP contribution in [0.15, 0.2) is 73.2 Å². The molecule has 0 fully saturated rings. The Kier molecular flexibility index (Phi) is 11.4. The van der Waals surface area contributed by atoms with Crippen LogP contribution in [0.3, 0.4) is 0 Å². The van der Waals surface area contributed by atoms with Gasteiger partial charge < -0.3 is 20.5 Å². The third-order valence-electron chi connectivity index (χ3n) is 6.66. The number of alkyl carbamates (subject to hydrolysis) is 1. The van der Waals surface area contributed by atoms with Crippen LogP contribution in [-0.4, -0.2) is 63.9 Å². The summed E-state index contributed by atoms with van der Waals surface area (Å²) in [6.07, 6.45) is 4.37. The lowest BCUT2D eigenvalue weighted by molar-refractivity contribution is -0.126. The van der Waals surface area contributed by atoms with Crippen LogP contribution in [-0.2, 0) is 22.5 Å². The highest BCUT2D eigenvalue weighted by Crippen LogP contribution is 2.17. The molecule has 0 saturated heterocycles. The highest BCUT2D eigenvalue weighted by molar-refractivity contribution is 5.86. The van der Waals surface area contributed by atoms with E-state index in [0.29, 0.717) is 19.4 Å². The number of ether oxygens (including phenoxy) is 1. The van der Waals surface area contributed by atoms with Gasteiger partial charge in [-0.1, -0.05) is 74.9 Å². The highest BCUT2D eigenvalue weighted by atomic mass is 16.5. The zero-order chi connectivity index (χ0) is 28.2. The van der Waals surface area contributed by atoms with Crippen molar-refractivity contribution in [2.45, 2.75) is 51.4 Å². The van der Waals surface area contributed by atoms with Gasteiger partial charge in [-0.3, -0.25) is 20.6 Å². The van der Waals surface area contributed by atoms with E-state index >= 15 is 0 Å². The molecule has 0 aliphatic carbocycles. The fraction of sp³-hybridized carbons (Fsp3) is 0.379. The maximum Gasteiger partial charge on any atom is 0.407 e. The van der Waals surface area contributed by atoms with E-state index in [9.17, 15) is 14.7 Å². The van der Waals surface area contributed by atoms with E-state index in [1.807, 2.05) is 68.4 Å². The predicted molar refractivity (Wildman–Crippen MR) is 149 cm³/mol. The lowest BCUT2D eigenvalue weighted by Gasteiger charge is -2.30. The molecule has 0 aliphatic heterocycles. The fourth-order valence-electron chi connectivity index (χ4n) is 4.21. The first-order valence-corrected chi connectivity index (χ1v) is 13.0. The van der Waals surface area contributed by atoms with Gasteiger partial charge in [-0.05, 0) is 23.5 Å². The van der Waals surface area contributed by atoms with Crippen LogP contribution in [0.2, 0.25) is 0 Å². The second-order valence-corrected chi connectivity index (χ2v) is 9.59. The normalized spacial score (nSPS) is 14.2. The van der Waals surface area contributed by atoms with Crippen molar-refractivity contribution >= 4 is 12.0 Å². The maximum absolute atomic E-state index is 13.3. The molecule has 4 atom stereocenters. The van der Waals surface area contributed by atoms with Crippen molar-refractivity contribution in [2.75, 3.05) is 13.7 Å². The molecule has 2 amide bonds. The molecule has 3 rings (SSSR count). The Hall–Kier alpha value is -3.86. The van der Waals surface area contributed by atoms with Crippen molar-refractivity contribution < 1.29 is 19.4 Å². The Morgan fingerprint density at radius 3 is 2.38 bits per heavy atom. The molecule has 39 heavy (non-hydrogen) atoms. The SMILES string of the molecule is CC[C@H](C)[C@H](NC(=O)OC)C(=O)NC(Cc1ccccc1)C(O)CN(N)Cc1ccc(-c2cnccn2)cc1. The van der Waals surface area contributed by atoms with Gasteiger partial charge in [0.15, 0.2) is 0 Å². The molecular formula is C29H38N6O4. The van der Waals surface area contributed by atoms with Gasteiger partial charge >= 0.3 is 6.09 Å². The van der Waals surface area contributed by atoms with Crippen LogP contribution in [0.1, 0.15) is 31.4 Å². The lowest BCUT2D eigenvalue weighted by Crippen LogP contribution is -2.57. The summed E-state index contributed by atoms with van der Waals surface area (Å²) in [4.78, 5) is 33.6. The molecule has 0 saturated carbocycles. The number of rotatable bonds is 13. The molecule has 0 spiro atoms. The number of aromatic nitrogens is 2. The summed E-state index contributed by atoms with van der Waals surface area (Å²) in [5, 5.41) is 18.3. The van der Waals surface area contributed by atoms with Gasteiger partial charge in [0.2, 0.25) is 5.91 Å². The van der Waals surface area contributed by atoms with Crippen LogP contribution in [0.25, 0.3) is 11.3 Å². The van der Waals surface area contributed by atoms with Gasteiger partial charge in [-0.25, -0.2) is 9.80 Å². The molecular weight excluding hydrogens is 496 g/mol. The zero-order valence-electron chi connectivity index (χ0n) is 22.7. The second-order valence-electron chi connectivity index (χ2n) is 9.59. The minimum Gasteiger partial charge on any atom is -0.453 e. The minimum atomic E-state index is -0.978. The highest BCUT2D eigenvalue weighted by Gasteiger charge is 2.30. The minimum absolute atomic E-state index is 0.113. The zero-order valence-corrected chi connectivity index (χ0v) is 22.7. The summed E-state index contributed by atoms with van der Waals surface area (Å²) in [5.41, 5.74) is 3.63. The number of carbonyl (C=O) groups excluding carboxylic acids is 2. The molecule has 1 heterocycles. The molecule has 1 aromatic heterocycles. The summed E-state index contributed by atoms with van der Waals surface area (Å²) in [7, 11) is 1.25.